The SMILES string of the molecule is COc1cccc(-c2ccn(C(=O)NC3CC4CNC3C4)c2)c1. The maximum Gasteiger partial charge on any atom is 0.325 e. The van der Waals surface area contributed by atoms with Crippen LogP contribution < -0.4 is 15.4 Å². The predicted octanol–water partition coefficient (Wildman–Crippen LogP) is 2.47. The Morgan fingerprint density at radius 3 is 2.96 bits per heavy atom. The van der Waals surface area contributed by atoms with E-state index in [-0.39, 0.29) is 12.1 Å². The Balaban J connectivity index is 1.47. The number of nitrogens with zero attached hydrogens (tertiary/aromatic N) is 1. The highest BCUT2D eigenvalue weighted by Gasteiger charge is 2.40. The number of methoxy groups -OCH3 is 1. The molecule has 1 amide bonds. The second-order valence-corrected chi connectivity index (χ2v) is 6.45. The average Bonchev–Trinajstić information content (AvgIpc) is 3.31. The number of benzene rings is 1. The number of piperidine rings is 1. The molecule has 1 aliphatic carbocycles. The third kappa shape index (κ3) is 2.72. The number of ether oxygens (including phenoxy) is 1. The second-order valence-electron chi connectivity index (χ2n) is 6.45. The fraction of sp³-hybridized carbons (Fsp3) is 0.389. The molecule has 5 heteroatoms. The molecule has 2 heterocycles. The minimum absolute atomic E-state index is 0.0569. The Bertz CT molecular complexity index is 725. The smallest absolute Gasteiger partial charge is 0.325 e. The molecular weight excluding hydrogens is 290 g/mol. The summed E-state index contributed by atoms with van der Waals surface area (Å²) < 4.78 is 6.88. The number of amides is 1. The van der Waals surface area contributed by atoms with Crippen molar-refractivity contribution in [1.82, 2.24) is 15.2 Å². The van der Waals surface area contributed by atoms with Gasteiger partial charge in [0.15, 0.2) is 0 Å². The van der Waals surface area contributed by atoms with Crippen molar-refractivity contribution in [2.45, 2.75) is 24.9 Å². The number of fused-ring (bicyclic) bond motifs is 2. The van der Waals surface area contributed by atoms with Crippen molar-refractivity contribution in [3.8, 4) is 16.9 Å². The molecule has 0 spiro atoms. The van der Waals surface area contributed by atoms with Gasteiger partial charge in [-0.3, -0.25) is 4.57 Å². The van der Waals surface area contributed by atoms with Gasteiger partial charge in [-0.15, -0.1) is 0 Å². The number of aromatic nitrogens is 1. The van der Waals surface area contributed by atoms with Gasteiger partial charge in [-0.2, -0.15) is 0 Å². The van der Waals surface area contributed by atoms with Gasteiger partial charge in [0.1, 0.15) is 5.75 Å². The molecule has 1 aromatic carbocycles. The maximum atomic E-state index is 12.4. The molecule has 2 aromatic rings. The lowest BCUT2D eigenvalue weighted by molar-refractivity contribution is 0.234. The van der Waals surface area contributed by atoms with Gasteiger partial charge in [0.25, 0.3) is 0 Å². The third-order valence-corrected chi connectivity index (χ3v) is 4.97. The van der Waals surface area contributed by atoms with E-state index in [0.29, 0.717) is 6.04 Å². The lowest BCUT2D eigenvalue weighted by Gasteiger charge is -2.23. The molecule has 1 saturated carbocycles. The highest BCUT2D eigenvalue weighted by molar-refractivity contribution is 5.79. The van der Waals surface area contributed by atoms with E-state index in [1.165, 1.54) is 6.42 Å². The monoisotopic (exact) mass is 311 g/mol. The maximum absolute atomic E-state index is 12.4. The van der Waals surface area contributed by atoms with Crippen molar-refractivity contribution in [3.05, 3.63) is 42.7 Å². The Morgan fingerprint density at radius 2 is 2.22 bits per heavy atom. The van der Waals surface area contributed by atoms with E-state index in [9.17, 15) is 4.79 Å². The van der Waals surface area contributed by atoms with Crippen LogP contribution in [0.3, 0.4) is 0 Å². The summed E-state index contributed by atoms with van der Waals surface area (Å²) in [4.78, 5) is 12.4. The number of hydrogen-bond acceptors (Lipinski definition) is 3. The normalized spacial score (nSPS) is 25.5. The Morgan fingerprint density at radius 1 is 1.30 bits per heavy atom. The largest absolute Gasteiger partial charge is 0.497 e. The van der Waals surface area contributed by atoms with Crippen LogP contribution in [0, 0.1) is 5.92 Å². The van der Waals surface area contributed by atoms with Crippen LogP contribution in [0.15, 0.2) is 42.7 Å². The molecule has 3 unspecified atom stereocenters. The molecule has 3 atom stereocenters. The number of nitrogens with one attached hydrogen (secondary N) is 2. The summed E-state index contributed by atoms with van der Waals surface area (Å²) in [6.45, 7) is 1.10. The molecule has 1 aromatic heterocycles. The lowest BCUT2D eigenvalue weighted by atomic mass is 10.1. The molecule has 1 aliphatic heterocycles. The van der Waals surface area contributed by atoms with Crippen LogP contribution in [0.2, 0.25) is 0 Å². The summed E-state index contributed by atoms with van der Waals surface area (Å²) in [5.41, 5.74) is 2.04. The van der Waals surface area contributed by atoms with E-state index < -0.39 is 0 Å². The molecular formula is C18H21N3O2. The van der Waals surface area contributed by atoms with Crippen molar-refractivity contribution in [3.63, 3.8) is 0 Å². The van der Waals surface area contributed by atoms with Gasteiger partial charge < -0.3 is 15.4 Å². The first-order valence-corrected chi connectivity index (χ1v) is 8.09. The molecule has 120 valence electrons. The van der Waals surface area contributed by atoms with Crippen LogP contribution in [-0.4, -0.2) is 36.3 Å². The number of carbonyl (C=O) groups is 1. The predicted molar refractivity (Wildman–Crippen MR) is 88.7 cm³/mol. The van der Waals surface area contributed by atoms with Crippen molar-refractivity contribution < 1.29 is 9.53 Å². The molecule has 2 fully saturated rings. The molecule has 23 heavy (non-hydrogen) atoms. The molecule has 4 rings (SSSR count). The van der Waals surface area contributed by atoms with E-state index >= 15 is 0 Å². The zero-order chi connectivity index (χ0) is 15.8. The quantitative estimate of drug-likeness (QED) is 0.915. The van der Waals surface area contributed by atoms with Crippen LogP contribution in [0.5, 0.6) is 5.75 Å². The fourth-order valence-electron chi connectivity index (χ4n) is 3.74. The Kier molecular flexibility index (Phi) is 3.58. The van der Waals surface area contributed by atoms with Crippen LogP contribution in [-0.2, 0) is 0 Å². The number of rotatable bonds is 3. The van der Waals surface area contributed by atoms with Crippen LogP contribution in [0.25, 0.3) is 11.1 Å². The Hall–Kier alpha value is -2.27. The number of hydrogen-bond donors (Lipinski definition) is 2. The van der Waals surface area contributed by atoms with Gasteiger partial charge in [-0.05, 0) is 49.1 Å². The van der Waals surface area contributed by atoms with Gasteiger partial charge in [0, 0.05) is 30.0 Å². The summed E-state index contributed by atoms with van der Waals surface area (Å²) in [6.07, 6.45) is 5.95. The molecule has 5 nitrogen and oxygen atoms in total. The first kappa shape index (κ1) is 14.3. The zero-order valence-corrected chi connectivity index (χ0v) is 13.2. The number of carbonyl (C=O) groups excluding carboxylic acids is 1. The van der Waals surface area contributed by atoms with Crippen molar-refractivity contribution in [1.29, 1.82) is 0 Å². The zero-order valence-electron chi connectivity index (χ0n) is 13.2. The van der Waals surface area contributed by atoms with Crippen LogP contribution >= 0.6 is 0 Å². The van der Waals surface area contributed by atoms with Crippen molar-refractivity contribution in [2.24, 2.45) is 5.92 Å². The molecule has 2 N–H and O–H groups in total. The topological polar surface area (TPSA) is 55.3 Å². The van der Waals surface area contributed by atoms with E-state index in [1.54, 1.807) is 11.7 Å². The van der Waals surface area contributed by atoms with E-state index in [1.807, 2.05) is 42.7 Å². The van der Waals surface area contributed by atoms with Crippen LogP contribution in [0.1, 0.15) is 12.8 Å². The highest BCUT2D eigenvalue weighted by Crippen LogP contribution is 2.31. The minimum Gasteiger partial charge on any atom is -0.497 e. The molecule has 2 aliphatic rings. The van der Waals surface area contributed by atoms with Crippen molar-refractivity contribution >= 4 is 6.03 Å². The first-order chi connectivity index (χ1) is 11.2. The summed E-state index contributed by atoms with van der Waals surface area (Å²) in [6, 6.07) is 10.4. The Labute approximate surface area is 135 Å². The van der Waals surface area contributed by atoms with Crippen molar-refractivity contribution in [2.75, 3.05) is 13.7 Å². The summed E-state index contributed by atoms with van der Waals surface area (Å²) in [7, 11) is 1.65. The first-order valence-electron chi connectivity index (χ1n) is 8.09. The van der Waals surface area contributed by atoms with E-state index in [2.05, 4.69) is 10.6 Å². The van der Waals surface area contributed by atoms with E-state index in [0.717, 1.165) is 35.8 Å². The summed E-state index contributed by atoms with van der Waals surface area (Å²) in [5, 5.41) is 6.62. The lowest BCUT2D eigenvalue weighted by Crippen LogP contribution is -2.48. The average molecular weight is 311 g/mol. The van der Waals surface area contributed by atoms with Gasteiger partial charge in [-0.25, -0.2) is 4.79 Å². The van der Waals surface area contributed by atoms with Gasteiger partial charge >= 0.3 is 6.03 Å². The summed E-state index contributed by atoms with van der Waals surface area (Å²) in [5.74, 6) is 1.54. The fourth-order valence-corrected chi connectivity index (χ4v) is 3.74. The standard InChI is InChI=1S/C18H21N3O2/c1-23-15-4-2-3-13(9-15)14-5-6-21(11-14)18(22)20-17-8-12-7-16(17)19-10-12/h2-6,9,11-12,16-17,19H,7-8,10H2,1H3,(H,20,22). The molecule has 2 bridgehead atoms. The van der Waals surface area contributed by atoms with Gasteiger partial charge in [0.2, 0.25) is 0 Å². The summed E-state index contributed by atoms with van der Waals surface area (Å²) >= 11 is 0. The minimum atomic E-state index is -0.0569. The third-order valence-electron chi connectivity index (χ3n) is 4.97. The van der Waals surface area contributed by atoms with Gasteiger partial charge in [0.05, 0.1) is 7.11 Å². The van der Waals surface area contributed by atoms with Gasteiger partial charge in [-0.1, -0.05) is 12.1 Å². The highest BCUT2D eigenvalue weighted by atomic mass is 16.5. The molecule has 1 saturated heterocycles. The van der Waals surface area contributed by atoms with Crippen LogP contribution in [0.4, 0.5) is 4.79 Å². The second kappa shape index (κ2) is 5.74. The molecule has 0 radical (unpaired) electrons. The van der Waals surface area contributed by atoms with E-state index in [4.69, 9.17) is 4.74 Å².